The highest BCUT2D eigenvalue weighted by atomic mass is 16.1. The summed E-state index contributed by atoms with van der Waals surface area (Å²) >= 11 is 0. The first-order valence-corrected chi connectivity index (χ1v) is 8.37. The number of aliphatic imine (C=N–C) groups is 1. The lowest BCUT2D eigenvalue weighted by molar-refractivity contribution is -0.113. The average molecular weight is 349 g/mol. The van der Waals surface area contributed by atoms with Gasteiger partial charge in [0.05, 0.1) is 5.57 Å². The highest BCUT2D eigenvalue weighted by Gasteiger charge is 2.38. The Morgan fingerprint density at radius 1 is 1.15 bits per heavy atom. The summed E-state index contributed by atoms with van der Waals surface area (Å²) in [6.07, 6.45) is 1.66. The summed E-state index contributed by atoms with van der Waals surface area (Å²) in [6.45, 7) is 8.47. The predicted octanol–water partition coefficient (Wildman–Crippen LogP) is 3.71. The molecule has 0 fully saturated rings. The molecule has 0 amide bonds. The molecule has 0 aliphatic carbocycles. The largest absolute Gasteiger partial charge is 0.346 e. The molecule has 1 aliphatic heterocycles. The zero-order chi connectivity index (χ0) is 19.6. The Balaban J connectivity index is 2.60. The average Bonchev–Trinajstić information content (AvgIpc) is 2.76. The van der Waals surface area contributed by atoms with E-state index in [2.05, 4.69) is 24.9 Å². The van der Waals surface area contributed by atoms with Gasteiger partial charge in [-0.05, 0) is 31.1 Å². The fraction of sp³-hybridized carbons (Fsp3) is 0.333. The monoisotopic (exact) mass is 349 g/mol. The lowest BCUT2D eigenvalue weighted by atomic mass is 9.84. The van der Waals surface area contributed by atoms with Gasteiger partial charge in [-0.2, -0.15) is 5.26 Å². The molecule has 0 saturated carbocycles. The number of hydrogen-bond acceptors (Lipinski definition) is 5. The lowest BCUT2D eigenvalue weighted by Gasteiger charge is -2.23. The second-order valence-corrected chi connectivity index (χ2v) is 6.92. The summed E-state index contributed by atoms with van der Waals surface area (Å²) < 4.78 is 0. The lowest BCUT2D eigenvalue weighted by Crippen LogP contribution is -2.23. The zero-order valence-electron chi connectivity index (χ0n) is 16.0. The van der Waals surface area contributed by atoms with Crippen LogP contribution in [0.15, 0.2) is 52.3 Å². The fourth-order valence-corrected chi connectivity index (χ4v) is 3.35. The van der Waals surface area contributed by atoms with E-state index in [9.17, 15) is 14.9 Å². The molecular formula is C21H23N3O2. The Bertz CT molecular complexity index is 911. The van der Waals surface area contributed by atoms with E-state index in [1.165, 1.54) is 19.4 Å². The Hall–Kier alpha value is -3.00. The molecule has 0 bridgehead atoms. The van der Waals surface area contributed by atoms with Crippen molar-refractivity contribution in [1.29, 1.82) is 5.26 Å². The van der Waals surface area contributed by atoms with Crippen molar-refractivity contribution in [3.8, 4) is 6.07 Å². The second-order valence-electron chi connectivity index (χ2n) is 6.92. The van der Waals surface area contributed by atoms with Gasteiger partial charge in [0.1, 0.15) is 11.8 Å². The molecule has 1 aromatic carbocycles. The maximum atomic E-state index is 12.1. The van der Waals surface area contributed by atoms with Crippen molar-refractivity contribution in [3.63, 3.8) is 0 Å². The van der Waals surface area contributed by atoms with Crippen molar-refractivity contribution in [2.75, 3.05) is 11.9 Å². The molecule has 0 atom stereocenters. The van der Waals surface area contributed by atoms with Gasteiger partial charge in [-0.25, -0.2) is 0 Å². The number of hydrogen-bond donors (Lipinski definition) is 0. The molecule has 0 unspecified atom stereocenters. The summed E-state index contributed by atoms with van der Waals surface area (Å²) in [4.78, 5) is 30.1. The summed E-state index contributed by atoms with van der Waals surface area (Å²) in [6, 6.07) is 9.98. The summed E-state index contributed by atoms with van der Waals surface area (Å²) in [5, 5.41) is 9.20. The van der Waals surface area contributed by atoms with E-state index in [-0.39, 0.29) is 28.3 Å². The molecule has 1 aliphatic rings. The number of likely N-dealkylation sites (N-methyl/N-ethyl adjacent to an activating group) is 1. The third-order valence-electron chi connectivity index (χ3n) is 4.78. The number of Topliss-reactive ketones (excluding diaryl/α,β-unsaturated/α-hetero) is 2. The Labute approximate surface area is 154 Å². The number of nitriles is 1. The zero-order valence-corrected chi connectivity index (χ0v) is 16.0. The number of para-hydroxylation sites is 1. The number of ketones is 2. The minimum Gasteiger partial charge on any atom is -0.346 e. The van der Waals surface area contributed by atoms with Crippen LogP contribution in [0.2, 0.25) is 0 Å². The molecule has 2 rings (SSSR count). The topological polar surface area (TPSA) is 73.5 Å². The number of fused-ring (bicyclic) bond motifs is 1. The van der Waals surface area contributed by atoms with Crippen LogP contribution in [-0.2, 0) is 15.0 Å². The SMILES string of the molecule is CC(=O)C(=N\C=C1\N(C)c2ccccc2C1(C)C)/C(C)=C(/C#N)C(C)=O. The minimum absolute atomic E-state index is 0.0420. The molecule has 134 valence electrons. The van der Waals surface area contributed by atoms with Gasteiger partial charge >= 0.3 is 0 Å². The molecule has 1 heterocycles. The third kappa shape index (κ3) is 3.23. The summed E-state index contributed by atoms with van der Waals surface area (Å²) in [5.41, 5.74) is 3.34. The van der Waals surface area contributed by atoms with Crippen molar-refractivity contribution < 1.29 is 9.59 Å². The van der Waals surface area contributed by atoms with Crippen LogP contribution in [0, 0.1) is 11.3 Å². The first-order valence-electron chi connectivity index (χ1n) is 8.37. The van der Waals surface area contributed by atoms with Gasteiger partial charge in [-0.3, -0.25) is 14.6 Å². The molecule has 5 nitrogen and oxygen atoms in total. The molecule has 26 heavy (non-hydrogen) atoms. The van der Waals surface area contributed by atoms with Crippen molar-refractivity contribution in [2.45, 2.75) is 40.0 Å². The van der Waals surface area contributed by atoms with Gasteiger partial charge in [0.25, 0.3) is 0 Å². The van der Waals surface area contributed by atoms with Gasteiger partial charge in [0.2, 0.25) is 0 Å². The standard InChI is InChI=1S/C21H23N3O2/c1-13(16(11-22)14(2)25)20(15(3)26)23-12-19-21(4,5)17-9-7-8-10-18(17)24(19)6/h7-10,12H,1-6H3/b16-13-,19-12+,23-20-. The molecule has 0 saturated heterocycles. The van der Waals surface area contributed by atoms with Crippen molar-refractivity contribution in [1.82, 2.24) is 0 Å². The quantitative estimate of drug-likeness (QED) is 0.472. The van der Waals surface area contributed by atoms with Gasteiger partial charge in [-0.1, -0.05) is 32.0 Å². The number of benzene rings is 1. The molecule has 0 spiro atoms. The van der Waals surface area contributed by atoms with E-state index >= 15 is 0 Å². The van der Waals surface area contributed by atoms with Crippen LogP contribution in [0.5, 0.6) is 0 Å². The van der Waals surface area contributed by atoms with E-state index in [0.29, 0.717) is 5.57 Å². The Kier molecular flexibility index (Phi) is 5.27. The number of allylic oxidation sites excluding steroid dienone is 3. The van der Waals surface area contributed by atoms with Gasteiger partial charge < -0.3 is 4.90 Å². The Morgan fingerprint density at radius 3 is 2.27 bits per heavy atom. The van der Waals surface area contributed by atoms with Gasteiger partial charge in [0, 0.05) is 37.0 Å². The first kappa shape index (κ1) is 19.3. The van der Waals surface area contributed by atoms with Crippen molar-refractivity contribution in [2.24, 2.45) is 4.99 Å². The molecule has 1 aromatic rings. The fourth-order valence-electron chi connectivity index (χ4n) is 3.35. The molecule has 5 heteroatoms. The summed E-state index contributed by atoms with van der Waals surface area (Å²) in [7, 11) is 1.96. The van der Waals surface area contributed by atoms with Crippen LogP contribution in [0.4, 0.5) is 5.69 Å². The van der Waals surface area contributed by atoms with Crippen LogP contribution in [0.1, 0.15) is 40.2 Å². The van der Waals surface area contributed by atoms with Crippen molar-refractivity contribution >= 4 is 23.0 Å². The maximum absolute atomic E-state index is 12.1. The van der Waals surface area contributed by atoms with Crippen molar-refractivity contribution in [3.05, 3.63) is 52.9 Å². The highest BCUT2D eigenvalue weighted by Crippen LogP contribution is 2.46. The van der Waals surface area contributed by atoms with Crippen LogP contribution in [0.3, 0.4) is 0 Å². The van der Waals surface area contributed by atoms with Crippen LogP contribution < -0.4 is 4.90 Å². The van der Waals surface area contributed by atoms with Crippen LogP contribution >= 0.6 is 0 Å². The minimum atomic E-state index is -0.377. The molecule has 0 radical (unpaired) electrons. The second kappa shape index (κ2) is 7.09. The van der Waals surface area contributed by atoms with Crippen LogP contribution in [-0.4, -0.2) is 24.3 Å². The highest BCUT2D eigenvalue weighted by molar-refractivity contribution is 6.46. The summed E-state index contributed by atoms with van der Waals surface area (Å²) in [5.74, 6) is -0.665. The molecule has 0 aromatic heterocycles. The molecular weight excluding hydrogens is 326 g/mol. The molecule has 0 N–H and O–H groups in total. The van der Waals surface area contributed by atoms with E-state index in [1.54, 1.807) is 13.1 Å². The third-order valence-corrected chi connectivity index (χ3v) is 4.78. The Morgan fingerprint density at radius 2 is 1.77 bits per heavy atom. The smallest absolute Gasteiger partial charge is 0.178 e. The number of rotatable bonds is 4. The van der Waals surface area contributed by atoms with Gasteiger partial charge in [0.15, 0.2) is 11.6 Å². The van der Waals surface area contributed by atoms with E-state index in [1.807, 2.05) is 36.2 Å². The maximum Gasteiger partial charge on any atom is 0.178 e. The predicted molar refractivity (Wildman–Crippen MR) is 103 cm³/mol. The number of nitrogens with zero attached hydrogens (tertiary/aromatic N) is 3. The number of anilines is 1. The van der Waals surface area contributed by atoms with Crippen LogP contribution in [0.25, 0.3) is 0 Å². The van der Waals surface area contributed by atoms with E-state index < -0.39 is 0 Å². The number of carbonyl (C=O) groups is 2. The number of carbonyl (C=O) groups excluding carboxylic acids is 2. The van der Waals surface area contributed by atoms with E-state index in [4.69, 9.17) is 0 Å². The van der Waals surface area contributed by atoms with Gasteiger partial charge in [-0.15, -0.1) is 0 Å². The normalized spacial score (nSPS) is 18.3. The van der Waals surface area contributed by atoms with E-state index in [0.717, 1.165) is 11.4 Å². The first-order chi connectivity index (χ1) is 12.1.